The van der Waals surface area contributed by atoms with Crippen molar-refractivity contribution in [2.24, 2.45) is 0 Å². The van der Waals surface area contributed by atoms with Gasteiger partial charge in [-0.3, -0.25) is 0 Å². The zero-order valence-electron chi connectivity index (χ0n) is 12.2. The summed E-state index contributed by atoms with van der Waals surface area (Å²) in [5.74, 6) is 0. The standard InChI is InChI=1S/C13H21BrN2O3S2/c1-9(2)15-7-11-6-12(13(14)20-11)21(17,18)16-10-4-3-5-19-8-10/h6,9-10,15-16H,3-5,7-8H2,1-2H3. The van der Waals surface area contributed by atoms with Gasteiger partial charge in [-0.2, -0.15) is 0 Å². The summed E-state index contributed by atoms with van der Waals surface area (Å²) in [4.78, 5) is 1.31. The molecular formula is C13H21BrN2O3S2. The van der Waals surface area contributed by atoms with Crippen LogP contribution in [0, 0.1) is 0 Å². The Morgan fingerprint density at radius 2 is 2.29 bits per heavy atom. The Balaban J connectivity index is 2.08. The maximum atomic E-state index is 12.5. The number of hydrogen-bond acceptors (Lipinski definition) is 5. The topological polar surface area (TPSA) is 67.4 Å². The summed E-state index contributed by atoms with van der Waals surface area (Å²) >= 11 is 4.81. The summed E-state index contributed by atoms with van der Waals surface area (Å²) in [5.41, 5.74) is 0. The average Bonchev–Trinajstić information content (AvgIpc) is 2.79. The summed E-state index contributed by atoms with van der Waals surface area (Å²) in [6.45, 7) is 5.95. The lowest BCUT2D eigenvalue weighted by molar-refractivity contribution is 0.0774. The number of halogens is 1. The van der Waals surface area contributed by atoms with Gasteiger partial charge < -0.3 is 10.1 Å². The highest BCUT2D eigenvalue weighted by molar-refractivity contribution is 9.11. The molecule has 1 unspecified atom stereocenters. The van der Waals surface area contributed by atoms with Gasteiger partial charge in [-0.05, 0) is 34.8 Å². The third-order valence-electron chi connectivity index (χ3n) is 3.16. The van der Waals surface area contributed by atoms with Crippen LogP contribution in [0.3, 0.4) is 0 Å². The van der Waals surface area contributed by atoms with Crippen molar-refractivity contribution in [1.82, 2.24) is 10.0 Å². The van der Waals surface area contributed by atoms with Gasteiger partial charge in [0, 0.05) is 30.1 Å². The van der Waals surface area contributed by atoms with Gasteiger partial charge in [0.1, 0.15) is 4.90 Å². The lowest BCUT2D eigenvalue weighted by atomic mass is 10.1. The van der Waals surface area contributed by atoms with E-state index in [4.69, 9.17) is 4.74 Å². The minimum Gasteiger partial charge on any atom is -0.380 e. The molecule has 1 fully saturated rings. The molecule has 0 amide bonds. The molecule has 2 heterocycles. The van der Waals surface area contributed by atoms with E-state index < -0.39 is 10.0 Å². The second-order valence-electron chi connectivity index (χ2n) is 5.42. The van der Waals surface area contributed by atoms with Crippen LogP contribution >= 0.6 is 27.3 Å². The molecule has 0 spiro atoms. The maximum absolute atomic E-state index is 12.5. The summed E-state index contributed by atoms with van der Waals surface area (Å²) in [6.07, 6.45) is 1.71. The molecular weight excluding hydrogens is 376 g/mol. The van der Waals surface area contributed by atoms with Crippen LogP contribution in [0.1, 0.15) is 31.6 Å². The fraction of sp³-hybridized carbons (Fsp3) is 0.692. The lowest BCUT2D eigenvalue weighted by Crippen LogP contribution is -2.40. The van der Waals surface area contributed by atoms with Crippen molar-refractivity contribution >= 4 is 37.3 Å². The van der Waals surface area contributed by atoms with Crippen molar-refractivity contribution < 1.29 is 13.2 Å². The predicted octanol–water partition coefficient (Wildman–Crippen LogP) is 2.47. The van der Waals surface area contributed by atoms with Gasteiger partial charge in [0.15, 0.2) is 0 Å². The van der Waals surface area contributed by atoms with Gasteiger partial charge in [0.2, 0.25) is 10.0 Å². The van der Waals surface area contributed by atoms with E-state index in [0.29, 0.717) is 34.5 Å². The van der Waals surface area contributed by atoms with E-state index >= 15 is 0 Å². The first-order valence-electron chi connectivity index (χ1n) is 7.00. The van der Waals surface area contributed by atoms with E-state index in [1.165, 1.54) is 11.3 Å². The molecule has 1 atom stereocenters. The molecule has 2 rings (SSSR count). The minimum atomic E-state index is -3.50. The first kappa shape index (κ1) is 17.4. The van der Waals surface area contributed by atoms with Gasteiger partial charge in [-0.25, -0.2) is 13.1 Å². The molecule has 120 valence electrons. The van der Waals surface area contributed by atoms with E-state index in [-0.39, 0.29) is 6.04 Å². The molecule has 2 N–H and O–H groups in total. The molecule has 1 saturated heterocycles. The average molecular weight is 397 g/mol. The molecule has 1 aliphatic heterocycles. The van der Waals surface area contributed by atoms with Gasteiger partial charge in [-0.1, -0.05) is 13.8 Å². The number of nitrogens with one attached hydrogen (secondary N) is 2. The highest BCUT2D eigenvalue weighted by Crippen LogP contribution is 2.32. The Morgan fingerprint density at radius 3 is 2.90 bits per heavy atom. The number of ether oxygens (including phenoxy) is 1. The van der Waals surface area contributed by atoms with Gasteiger partial charge in [0.05, 0.1) is 10.4 Å². The van der Waals surface area contributed by atoms with E-state index in [0.717, 1.165) is 17.7 Å². The van der Waals surface area contributed by atoms with Crippen LogP contribution < -0.4 is 10.0 Å². The van der Waals surface area contributed by atoms with Crippen molar-refractivity contribution in [1.29, 1.82) is 0 Å². The van der Waals surface area contributed by atoms with Crippen molar-refractivity contribution in [3.05, 3.63) is 14.7 Å². The van der Waals surface area contributed by atoms with Crippen molar-refractivity contribution in [3.8, 4) is 0 Å². The molecule has 21 heavy (non-hydrogen) atoms. The van der Waals surface area contributed by atoms with Crippen LogP contribution in [0.5, 0.6) is 0 Å². The fourth-order valence-corrected chi connectivity index (χ4v) is 5.98. The summed E-state index contributed by atoms with van der Waals surface area (Å²) in [6, 6.07) is 1.96. The fourth-order valence-electron chi connectivity index (χ4n) is 2.09. The van der Waals surface area contributed by atoms with Crippen LogP contribution in [-0.2, 0) is 21.3 Å². The Labute approximate surface area is 138 Å². The second kappa shape index (κ2) is 7.52. The van der Waals surface area contributed by atoms with Gasteiger partial charge in [0.25, 0.3) is 0 Å². The Kier molecular flexibility index (Phi) is 6.22. The Bertz CT molecular complexity index is 566. The molecule has 0 radical (unpaired) electrons. The predicted molar refractivity (Wildman–Crippen MR) is 88.2 cm³/mol. The highest BCUT2D eigenvalue weighted by atomic mass is 79.9. The van der Waals surface area contributed by atoms with Crippen LogP contribution in [0.25, 0.3) is 0 Å². The first-order valence-corrected chi connectivity index (χ1v) is 10.1. The molecule has 8 heteroatoms. The molecule has 0 aliphatic carbocycles. The van der Waals surface area contributed by atoms with E-state index in [1.807, 2.05) is 0 Å². The number of thiophene rings is 1. The van der Waals surface area contributed by atoms with Crippen molar-refractivity contribution in [2.75, 3.05) is 13.2 Å². The minimum absolute atomic E-state index is 0.132. The van der Waals surface area contributed by atoms with Gasteiger partial charge >= 0.3 is 0 Å². The van der Waals surface area contributed by atoms with Crippen molar-refractivity contribution in [3.63, 3.8) is 0 Å². The van der Waals surface area contributed by atoms with Crippen molar-refractivity contribution in [2.45, 2.75) is 50.2 Å². The zero-order chi connectivity index (χ0) is 15.5. The molecule has 0 saturated carbocycles. The third-order valence-corrected chi connectivity index (χ3v) is 6.94. The number of rotatable bonds is 6. The third kappa shape index (κ3) is 5.01. The van der Waals surface area contributed by atoms with Crippen LogP contribution in [0.2, 0.25) is 0 Å². The smallest absolute Gasteiger partial charge is 0.242 e. The molecule has 0 aromatic carbocycles. The second-order valence-corrected chi connectivity index (χ2v) is 9.56. The zero-order valence-corrected chi connectivity index (χ0v) is 15.4. The van der Waals surface area contributed by atoms with E-state index in [9.17, 15) is 8.42 Å². The molecule has 1 aliphatic rings. The largest absolute Gasteiger partial charge is 0.380 e. The van der Waals surface area contributed by atoms with Gasteiger partial charge in [-0.15, -0.1) is 11.3 Å². The first-order chi connectivity index (χ1) is 9.88. The number of hydrogen-bond donors (Lipinski definition) is 2. The van der Waals surface area contributed by atoms with E-state index in [2.05, 4.69) is 39.8 Å². The molecule has 5 nitrogen and oxygen atoms in total. The van der Waals surface area contributed by atoms with Crippen LogP contribution in [0.4, 0.5) is 0 Å². The quantitative estimate of drug-likeness (QED) is 0.774. The number of sulfonamides is 1. The summed E-state index contributed by atoms with van der Waals surface area (Å²) < 4.78 is 33.6. The Hall–Kier alpha value is 0.01000. The molecule has 0 bridgehead atoms. The monoisotopic (exact) mass is 396 g/mol. The lowest BCUT2D eigenvalue weighted by Gasteiger charge is -2.22. The maximum Gasteiger partial charge on any atom is 0.242 e. The SMILES string of the molecule is CC(C)NCc1cc(S(=O)(=O)NC2CCCOC2)c(Br)s1. The van der Waals surface area contributed by atoms with Crippen LogP contribution in [0.15, 0.2) is 14.7 Å². The Morgan fingerprint density at radius 1 is 1.52 bits per heavy atom. The van der Waals surface area contributed by atoms with Crippen LogP contribution in [-0.4, -0.2) is 33.7 Å². The van der Waals surface area contributed by atoms with E-state index in [1.54, 1.807) is 6.07 Å². The highest BCUT2D eigenvalue weighted by Gasteiger charge is 2.25. The molecule has 1 aromatic heterocycles. The molecule has 1 aromatic rings. The normalized spacial score (nSPS) is 20.1. The summed E-state index contributed by atoms with van der Waals surface area (Å²) in [7, 11) is -3.50. The summed E-state index contributed by atoms with van der Waals surface area (Å²) in [5, 5.41) is 3.29.